The minimum Gasteiger partial charge on any atom is -0.480 e. The summed E-state index contributed by atoms with van der Waals surface area (Å²) in [5.74, 6) is -1.41. The van der Waals surface area contributed by atoms with Crippen molar-refractivity contribution in [3.63, 3.8) is 0 Å². The van der Waals surface area contributed by atoms with Crippen LogP contribution in [0.1, 0.15) is 6.42 Å². The predicted molar refractivity (Wildman–Crippen MR) is 75.9 cm³/mol. The van der Waals surface area contributed by atoms with Crippen LogP contribution in [0.5, 0.6) is 0 Å². The molecule has 0 radical (unpaired) electrons. The molecular formula is C12H12N2O9S. The number of aliphatic carboxylic acids is 1. The molecule has 0 aromatic heterocycles. The number of carbonyl (C=O) groups is 2. The third-order valence-electron chi connectivity index (χ3n) is 3.39. The molecule has 1 aliphatic heterocycles. The van der Waals surface area contributed by atoms with E-state index in [1.165, 1.54) is 0 Å². The lowest BCUT2D eigenvalue weighted by Crippen LogP contribution is -2.39. The van der Waals surface area contributed by atoms with E-state index in [4.69, 9.17) is 14.4 Å². The monoisotopic (exact) mass is 360 g/mol. The second-order valence-electron chi connectivity index (χ2n) is 4.95. The number of hydrogen-bond donors (Lipinski definition) is 2. The van der Waals surface area contributed by atoms with Crippen molar-refractivity contribution in [3.05, 3.63) is 34.4 Å². The molecule has 2 rings (SSSR count). The smallest absolute Gasteiger partial charge is 0.408 e. The minimum absolute atomic E-state index is 0.308. The lowest BCUT2D eigenvalue weighted by Gasteiger charge is -2.16. The van der Waals surface area contributed by atoms with E-state index in [1.54, 1.807) is 0 Å². The van der Waals surface area contributed by atoms with Crippen LogP contribution in [-0.2, 0) is 19.1 Å². The Labute approximate surface area is 135 Å². The van der Waals surface area contributed by atoms with E-state index >= 15 is 0 Å². The molecule has 1 fully saturated rings. The molecular weight excluding hydrogens is 348 g/mol. The molecule has 2 N–H and O–H groups in total. The van der Waals surface area contributed by atoms with Gasteiger partial charge in [0.15, 0.2) is 0 Å². The molecule has 0 spiro atoms. The van der Waals surface area contributed by atoms with E-state index < -0.39 is 45.8 Å². The number of nitro groups is 1. The van der Waals surface area contributed by atoms with Gasteiger partial charge in [0, 0.05) is 18.6 Å². The second-order valence-corrected chi connectivity index (χ2v) is 6.52. The lowest BCUT2D eigenvalue weighted by atomic mass is 10.2. The average molecular weight is 360 g/mol. The van der Waals surface area contributed by atoms with E-state index in [1.807, 2.05) is 0 Å². The van der Waals surface area contributed by atoms with Crippen LogP contribution < -0.4 is 0 Å². The number of carboxylic acids is 1. The third-order valence-corrected chi connectivity index (χ3v) is 4.77. The zero-order chi connectivity index (χ0) is 18.1. The molecule has 1 amide bonds. The Hall–Kier alpha value is -2.73. The zero-order valence-corrected chi connectivity index (χ0v) is 12.7. The van der Waals surface area contributed by atoms with Crippen molar-refractivity contribution in [1.82, 2.24) is 4.90 Å². The van der Waals surface area contributed by atoms with Crippen molar-refractivity contribution in [3.8, 4) is 0 Å². The first-order chi connectivity index (χ1) is 11.1. The highest BCUT2D eigenvalue weighted by Gasteiger charge is 2.42. The maximum absolute atomic E-state index is 12.1. The summed E-state index contributed by atoms with van der Waals surface area (Å²) in [6.45, 7) is -0.418. The normalized spacial score (nSPS) is 20.8. The summed E-state index contributed by atoms with van der Waals surface area (Å²) in [4.78, 5) is 32.1. The summed E-state index contributed by atoms with van der Waals surface area (Å²) < 4.78 is 29.1. The topological polar surface area (TPSA) is 164 Å². The molecule has 0 bridgehead atoms. The molecule has 130 valence electrons. The van der Waals surface area contributed by atoms with Crippen LogP contribution in [-0.4, -0.2) is 59.2 Å². The highest BCUT2D eigenvalue weighted by atomic mass is 32.2. The molecule has 1 aromatic rings. The summed E-state index contributed by atoms with van der Waals surface area (Å²) >= 11 is 0. The molecule has 0 aliphatic carbocycles. The Kier molecular flexibility index (Phi) is 4.71. The molecule has 2 atom stereocenters. The summed E-state index contributed by atoms with van der Waals surface area (Å²) in [5, 5.41) is 28.5. The first kappa shape index (κ1) is 17.6. The lowest BCUT2D eigenvalue weighted by molar-refractivity contribution is -0.384. The van der Waals surface area contributed by atoms with Gasteiger partial charge >= 0.3 is 12.1 Å². The van der Waals surface area contributed by atoms with Crippen LogP contribution in [0.25, 0.3) is 0 Å². The number of nitrogens with zero attached hydrogens (tertiary/aromatic N) is 2. The van der Waals surface area contributed by atoms with Gasteiger partial charge in [-0.15, -0.1) is 0 Å². The van der Waals surface area contributed by atoms with Gasteiger partial charge in [-0.25, -0.2) is 9.59 Å². The summed E-state index contributed by atoms with van der Waals surface area (Å²) in [6, 6.07) is 2.51. The third kappa shape index (κ3) is 3.60. The van der Waals surface area contributed by atoms with E-state index in [0.717, 1.165) is 24.3 Å². The molecule has 24 heavy (non-hydrogen) atoms. The Balaban J connectivity index is 2.16. The second kappa shape index (κ2) is 6.41. The molecule has 1 saturated heterocycles. The molecule has 11 nitrogen and oxygen atoms in total. The highest BCUT2D eigenvalue weighted by Crippen LogP contribution is 2.25. The Bertz CT molecular complexity index is 752. The first-order valence-corrected chi connectivity index (χ1v) is 7.93. The first-order valence-electron chi connectivity index (χ1n) is 6.52. The molecule has 12 heteroatoms. The van der Waals surface area contributed by atoms with Crippen LogP contribution in [0.2, 0.25) is 0 Å². The molecule has 0 saturated carbocycles. The van der Waals surface area contributed by atoms with E-state index in [2.05, 4.69) is 0 Å². The fourth-order valence-electron chi connectivity index (χ4n) is 2.28. The van der Waals surface area contributed by atoms with Crippen LogP contribution in [0.15, 0.2) is 29.2 Å². The van der Waals surface area contributed by atoms with E-state index in [9.17, 15) is 28.1 Å². The van der Waals surface area contributed by atoms with Crippen molar-refractivity contribution in [1.29, 1.82) is 0 Å². The Morgan fingerprint density at radius 3 is 2.25 bits per heavy atom. The number of carboxylic acid groups (broad SMARTS) is 2. The van der Waals surface area contributed by atoms with Gasteiger partial charge in [0.05, 0.1) is 22.5 Å². The van der Waals surface area contributed by atoms with Crippen LogP contribution in [0.3, 0.4) is 0 Å². The number of amides is 1. The molecule has 1 aliphatic rings. The average Bonchev–Trinajstić information content (AvgIpc) is 2.91. The minimum atomic E-state index is -4.32. The number of non-ortho nitro benzene ring substituents is 1. The van der Waals surface area contributed by atoms with Crippen molar-refractivity contribution >= 4 is 27.9 Å². The molecule has 1 aromatic carbocycles. The Morgan fingerprint density at radius 2 is 1.83 bits per heavy atom. The van der Waals surface area contributed by atoms with Crippen LogP contribution in [0, 0.1) is 10.1 Å². The Morgan fingerprint density at radius 1 is 1.25 bits per heavy atom. The van der Waals surface area contributed by atoms with Gasteiger partial charge in [-0.2, -0.15) is 8.42 Å². The zero-order valence-electron chi connectivity index (χ0n) is 11.9. The standard InChI is InChI=1S/C12H12N2O9S/c15-11(16)10-5-8(6-13(10)12(17)18)23-24(21,22)9-3-1-7(2-4-9)14(19)20/h1-4,8,10H,5-6H2,(H,15,16)(H,17,18)/t8-,10+/m1/s1. The van der Waals surface area contributed by atoms with Crippen molar-refractivity contribution in [2.45, 2.75) is 23.5 Å². The van der Waals surface area contributed by atoms with Gasteiger partial charge in [0.2, 0.25) is 0 Å². The summed E-state index contributed by atoms with van der Waals surface area (Å²) in [6.07, 6.45) is -2.99. The number of hydrogen-bond acceptors (Lipinski definition) is 7. The SMILES string of the molecule is O=C(O)[C@@H]1C[C@@H](OS(=O)(=O)c2ccc([N+](=O)[O-])cc2)CN1C(=O)O. The van der Waals surface area contributed by atoms with Crippen molar-refractivity contribution in [2.75, 3.05) is 6.54 Å². The summed E-state index contributed by atoms with van der Waals surface area (Å²) in [5.41, 5.74) is -0.308. The fraction of sp³-hybridized carbons (Fsp3) is 0.333. The maximum Gasteiger partial charge on any atom is 0.408 e. The van der Waals surface area contributed by atoms with Crippen molar-refractivity contribution < 1.29 is 37.3 Å². The van der Waals surface area contributed by atoms with Gasteiger partial charge in [-0.05, 0) is 12.1 Å². The van der Waals surface area contributed by atoms with Gasteiger partial charge < -0.3 is 10.2 Å². The largest absolute Gasteiger partial charge is 0.480 e. The number of benzene rings is 1. The van der Waals surface area contributed by atoms with Crippen molar-refractivity contribution in [2.24, 2.45) is 0 Å². The fourth-order valence-corrected chi connectivity index (χ4v) is 3.36. The number of likely N-dealkylation sites (tertiary alicyclic amines) is 1. The predicted octanol–water partition coefficient (Wildman–Crippen LogP) is 0.506. The quantitative estimate of drug-likeness (QED) is 0.432. The van der Waals surface area contributed by atoms with Gasteiger partial charge in [0.25, 0.3) is 15.8 Å². The van der Waals surface area contributed by atoms with Gasteiger partial charge in [-0.1, -0.05) is 0 Å². The van der Waals surface area contributed by atoms with Crippen LogP contribution >= 0.6 is 0 Å². The molecule has 1 heterocycles. The molecule has 0 unspecified atom stereocenters. The summed E-state index contributed by atoms with van der Waals surface area (Å²) in [7, 11) is -4.32. The van der Waals surface area contributed by atoms with E-state index in [0.29, 0.717) is 4.90 Å². The number of nitro benzene ring substituents is 1. The number of rotatable bonds is 5. The van der Waals surface area contributed by atoms with Gasteiger partial charge in [-0.3, -0.25) is 19.2 Å². The van der Waals surface area contributed by atoms with Gasteiger partial charge in [0.1, 0.15) is 6.04 Å². The van der Waals surface area contributed by atoms with E-state index in [-0.39, 0.29) is 17.0 Å². The van der Waals surface area contributed by atoms with Crippen LogP contribution in [0.4, 0.5) is 10.5 Å². The highest BCUT2D eigenvalue weighted by molar-refractivity contribution is 7.86. The maximum atomic E-state index is 12.1.